The number of hydrogen-bond donors (Lipinski definition) is 3. The first-order valence-corrected chi connectivity index (χ1v) is 5.98. The van der Waals surface area contributed by atoms with Crippen LogP contribution in [0, 0.1) is 0 Å². The molecule has 1 heterocycles. The number of nitrogens with zero attached hydrogens (tertiary/aromatic N) is 2. The Hall–Kier alpha value is -1.56. The van der Waals surface area contributed by atoms with Crippen LogP contribution in [0.3, 0.4) is 0 Å². The summed E-state index contributed by atoms with van der Waals surface area (Å²) in [4.78, 5) is 19.3. The molecule has 1 rings (SSSR count). The van der Waals surface area contributed by atoms with E-state index in [1.165, 1.54) is 6.33 Å². The number of nitrogens with two attached hydrogens (primary N) is 1. The van der Waals surface area contributed by atoms with Gasteiger partial charge in [-0.3, -0.25) is 4.79 Å². The highest BCUT2D eigenvalue weighted by Gasteiger charge is 2.13. The molecule has 0 bridgehead atoms. The fraction of sp³-hybridized carbons (Fsp3) is 0.545. The van der Waals surface area contributed by atoms with Gasteiger partial charge in [0.25, 0.3) is 0 Å². The number of anilines is 2. The molecule has 0 saturated heterocycles. The molecule has 0 aliphatic carbocycles. The maximum Gasteiger partial charge on any atom is 0.222 e. The Morgan fingerprint density at radius 2 is 2.11 bits per heavy atom. The molecule has 0 spiro atoms. The van der Waals surface area contributed by atoms with Crippen molar-refractivity contribution in [3.8, 4) is 0 Å². The molecule has 4 N–H and O–H groups in total. The normalized spacial score (nSPS) is 11.1. The number of amides is 1. The van der Waals surface area contributed by atoms with Crippen molar-refractivity contribution in [2.24, 2.45) is 0 Å². The Morgan fingerprint density at radius 3 is 2.72 bits per heavy atom. The van der Waals surface area contributed by atoms with Crippen LogP contribution in [0.1, 0.15) is 27.2 Å². The first kappa shape index (κ1) is 14.5. The molecule has 1 aromatic rings. The third kappa shape index (κ3) is 4.75. The fourth-order valence-corrected chi connectivity index (χ4v) is 1.45. The van der Waals surface area contributed by atoms with E-state index in [9.17, 15) is 4.79 Å². The summed E-state index contributed by atoms with van der Waals surface area (Å²) in [6, 6.07) is 0. The molecule has 0 aliphatic heterocycles. The molecule has 0 unspecified atom stereocenters. The quantitative estimate of drug-likeness (QED) is 0.770. The standard InChI is InChI=1S/C11H18ClN5O/c1-11(2,3)17-7(18)4-5-14-10-8(12)9(13)15-6-16-10/h6H,4-5H2,1-3H3,(H,17,18)(H3,13,14,15,16). The second kappa shape index (κ2) is 5.86. The molecule has 18 heavy (non-hydrogen) atoms. The van der Waals surface area contributed by atoms with Gasteiger partial charge in [-0.05, 0) is 20.8 Å². The van der Waals surface area contributed by atoms with Gasteiger partial charge in [0.05, 0.1) is 0 Å². The first-order chi connectivity index (χ1) is 8.29. The van der Waals surface area contributed by atoms with Gasteiger partial charge in [-0.2, -0.15) is 0 Å². The Labute approximate surface area is 111 Å². The summed E-state index contributed by atoms with van der Waals surface area (Å²) in [6.07, 6.45) is 1.65. The van der Waals surface area contributed by atoms with Gasteiger partial charge >= 0.3 is 0 Å². The van der Waals surface area contributed by atoms with E-state index in [-0.39, 0.29) is 22.3 Å². The second-order valence-corrected chi connectivity index (χ2v) is 5.27. The average molecular weight is 272 g/mol. The van der Waals surface area contributed by atoms with Gasteiger partial charge in [0.2, 0.25) is 5.91 Å². The second-order valence-electron chi connectivity index (χ2n) is 4.90. The van der Waals surface area contributed by atoms with Crippen LogP contribution in [0.15, 0.2) is 6.33 Å². The summed E-state index contributed by atoms with van der Waals surface area (Å²) in [5, 5.41) is 6.08. The highest BCUT2D eigenvalue weighted by Crippen LogP contribution is 2.22. The molecule has 0 radical (unpaired) electrons. The third-order valence-corrected chi connectivity index (χ3v) is 2.35. The van der Waals surface area contributed by atoms with Crippen molar-refractivity contribution in [1.29, 1.82) is 0 Å². The van der Waals surface area contributed by atoms with E-state index in [0.717, 1.165) is 0 Å². The Balaban J connectivity index is 2.43. The minimum absolute atomic E-state index is 0.0341. The number of carbonyl (C=O) groups is 1. The smallest absolute Gasteiger partial charge is 0.222 e. The number of rotatable bonds is 4. The summed E-state index contributed by atoms with van der Waals surface area (Å²) in [7, 11) is 0. The van der Waals surface area contributed by atoms with Gasteiger partial charge in [-0.15, -0.1) is 0 Å². The van der Waals surface area contributed by atoms with Crippen molar-refractivity contribution in [1.82, 2.24) is 15.3 Å². The monoisotopic (exact) mass is 271 g/mol. The summed E-state index contributed by atoms with van der Waals surface area (Å²) >= 11 is 5.90. The number of hydrogen-bond acceptors (Lipinski definition) is 5. The molecule has 7 heteroatoms. The van der Waals surface area contributed by atoms with Crippen molar-refractivity contribution in [3.05, 3.63) is 11.3 Å². The molecule has 0 aromatic carbocycles. The van der Waals surface area contributed by atoms with E-state index in [1.54, 1.807) is 0 Å². The molecule has 6 nitrogen and oxygen atoms in total. The van der Waals surface area contributed by atoms with E-state index in [2.05, 4.69) is 20.6 Å². The Bertz CT molecular complexity index is 430. The molecule has 0 atom stereocenters. The number of halogens is 1. The predicted molar refractivity (Wildman–Crippen MR) is 72.5 cm³/mol. The summed E-state index contributed by atoms with van der Waals surface area (Å²) < 4.78 is 0. The lowest BCUT2D eigenvalue weighted by atomic mass is 10.1. The minimum atomic E-state index is -0.228. The van der Waals surface area contributed by atoms with Gasteiger partial charge in [0.15, 0.2) is 0 Å². The van der Waals surface area contributed by atoms with E-state index in [4.69, 9.17) is 17.3 Å². The summed E-state index contributed by atoms with van der Waals surface area (Å²) in [5.74, 6) is 0.620. The van der Waals surface area contributed by atoms with Crippen LogP contribution in [0.25, 0.3) is 0 Å². The van der Waals surface area contributed by atoms with Crippen molar-refractivity contribution in [2.45, 2.75) is 32.7 Å². The lowest BCUT2D eigenvalue weighted by Crippen LogP contribution is -2.41. The van der Waals surface area contributed by atoms with Gasteiger partial charge in [0, 0.05) is 18.5 Å². The number of nitrogens with one attached hydrogen (secondary N) is 2. The van der Waals surface area contributed by atoms with Crippen molar-refractivity contribution >= 4 is 29.1 Å². The molecular formula is C11H18ClN5O. The highest BCUT2D eigenvalue weighted by atomic mass is 35.5. The number of nitrogen functional groups attached to an aromatic ring is 1. The van der Waals surface area contributed by atoms with Crippen molar-refractivity contribution < 1.29 is 4.79 Å². The van der Waals surface area contributed by atoms with Crippen LogP contribution in [0.5, 0.6) is 0 Å². The van der Waals surface area contributed by atoms with E-state index in [0.29, 0.717) is 18.8 Å². The fourth-order valence-electron chi connectivity index (χ4n) is 1.28. The summed E-state index contributed by atoms with van der Waals surface area (Å²) in [6.45, 7) is 6.22. The maximum absolute atomic E-state index is 11.6. The van der Waals surface area contributed by atoms with E-state index < -0.39 is 0 Å². The number of aromatic nitrogens is 2. The lowest BCUT2D eigenvalue weighted by Gasteiger charge is -2.20. The van der Waals surface area contributed by atoms with Gasteiger partial charge in [0.1, 0.15) is 23.0 Å². The lowest BCUT2D eigenvalue weighted by molar-refractivity contribution is -0.122. The van der Waals surface area contributed by atoms with Crippen molar-refractivity contribution in [2.75, 3.05) is 17.6 Å². The summed E-state index contributed by atoms with van der Waals surface area (Å²) in [5.41, 5.74) is 5.30. The number of carbonyl (C=O) groups excluding carboxylic acids is 1. The SMILES string of the molecule is CC(C)(C)NC(=O)CCNc1ncnc(N)c1Cl. The van der Waals surface area contributed by atoms with Crippen LogP contribution in [-0.4, -0.2) is 28.0 Å². The van der Waals surface area contributed by atoms with Gasteiger partial charge in [-0.25, -0.2) is 9.97 Å². The van der Waals surface area contributed by atoms with Crippen LogP contribution in [0.4, 0.5) is 11.6 Å². The maximum atomic E-state index is 11.6. The van der Waals surface area contributed by atoms with Crippen molar-refractivity contribution in [3.63, 3.8) is 0 Å². The van der Waals surface area contributed by atoms with Crippen LogP contribution in [0.2, 0.25) is 5.02 Å². The Morgan fingerprint density at radius 1 is 1.44 bits per heavy atom. The molecule has 0 saturated carbocycles. The minimum Gasteiger partial charge on any atom is -0.382 e. The molecule has 1 amide bonds. The van der Waals surface area contributed by atoms with E-state index in [1.807, 2.05) is 20.8 Å². The molecule has 0 aliphatic rings. The zero-order valence-electron chi connectivity index (χ0n) is 10.7. The Kier molecular flexibility index (Phi) is 4.72. The van der Waals surface area contributed by atoms with Crippen LogP contribution < -0.4 is 16.4 Å². The van der Waals surface area contributed by atoms with Gasteiger partial charge < -0.3 is 16.4 Å². The predicted octanol–water partition coefficient (Wildman–Crippen LogP) is 1.43. The third-order valence-electron chi connectivity index (χ3n) is 1.98. The molecule has 1 aromatic heterocycles. The zero-order valence-corrected chi connectivity index (χ0v) is 11.5. The largest absolute Gasteiger partial charge is 0.382 e. The topological polar surface area (TPSA) is 92.9 Å². The first-order valence-electron chi connectivity index (χ1n) is 5.60. The highest BCUT2D eigenvalue weighted by molar-refractivity contribution is 6.35. The molecule has 0 fully saturated rings. The molecular weight excluding hydrogens is 254 g/mol. The average Bonchev–Trinajstić information content (AvgIpc) is 2.21. The van der Waals surface area contributed by atoms with E-state index >= 15 is 0 Å². The van der Waals surface area contributed by atoms with Crippen LogP contribution >= 0.6 is 11.6 Å². The zero-order chi connectivity index (χ0) is 13.8. The van der Waals surface area contributed by atoms with Crippen LogP contribution in [-0.2, 0) is 4.79 Å². The molecule has 100 valence electrons. The van der Waals surface area contributed by atoms with Gasteiger partial charge in [-0.1, -0.05) is 11.6 Å².